The number of nitrogens with zero attached hydrogens (tertiary/aromatic N) is 1. The highest BCUT2D eigenvalue weighted by Gasteiger charge is 2.52. The molecule has 0 aromatic heterocycles. The first-order chi connectivity index (χ1) is 12.3. The summed E-state index contributed by atoms with van der Waals surface area (Å²) in [5, 5.41) is 11.9. The van der Waals surface area contributed by atoms with Crippen molar-refractivity contribution < 1.29 is 33.8 Å². The molecule has 2 aliphatic rings. The van der Waals surface area contributed by atoms with Crippen molar-refractivity contribution >= 4 is 23.8 Å². The van der Waals surface area contributed by atoms with Crippen molar-refractivity contribution in [3.63, 3.8) is 0 Å². The van der Waals surface area contributed by atoms with E-state index in [1.807, 2.05) is 13.8 Å². The summed E-state index contributed by atoms with van der Waals surface area (Å²) in [4.78, 5) is 49.5. The number of nitrogens with one attached hydrogen (secondary N) is 1. The Bertz CT molecular complexity index is 579. The van der Waals surface area contributed by atoms with E-state index in [-0.39, 0.29) is 12.5 Å². The van der Waals surface area contributed by atoms with E-state index in [1.54, 1.807) is 6.92 Å². The molecular formula is C17H26N2O7. The van der Waals surface area contributed by atoms with Gasteiger partial charge in [0.1, 0.15) is 12.1 Å². The molecule has 2 saturated heterocycles. The lowest BCUT2D eigenvalue weighted by atomic mass is 9.97. The lowest BCUT2D eigenvalue weighted by molar-refractivity contribution is -0.150. The average molecular weight is 370 g/mol. The van der Waals surface area contributed by atoms with Crippen LogP contribution in [0.5, 0.6) is 0 Å². The monoisotopic (exact) mass is 370 g/mol. The molecule has 0 saturated carbocycles. The summed E-state index contributed by atoms with van der Waals surface area (Å²) in [6, 6.07) is -1.73. The third kappa shape index (κ3) is 4.32. The molecule has 2 N–H and O–H groups in total. The van der Waals surface area contributed by atoms with Crippen LogP contribution in [-0.2, 0) is 28.7 Å². The van der Waals surface area contributed by atoms with Gasteiger partial charge in [0.2, 0.25) is 5.91 Å². The maximum absolute atomic E-state index is 12.9. The Kier molecular flexibility index (Phi) is 6.57. The third-order valence-electron chi connectivity index (χ3n) is 4.87. The number of carboxylic acids is 1. The Balaban J connectivity index is 2.04. The first-order valence-corrected chi connectivity index (χ1v) is 8.97. The van der Waals surface area contributed by atoms with Gasteiger partial charge in [-0.05, 0) is 25.7 Å². The van der Waals surface area contributed by atoms with Gasteiger partial charge < -0.3 is 24.8 Å². The van der Waals surface area contributed by atoms with E-state index in [0.717, 1.165) is 0 Å². The second-order valence-corrected chi connectivity index (χ2v) is 6.63. The van der Waals surface area contributed by atoms with Crippen molar-refractivity contribution in [1.29, 1.82) is 0 Å². The van der Waals surface area contributed by atoms with Gasteiger partial charge in [-0.1, -0.05) is 20.3 Å². The second kappa shape index (κ2) is 8.48. The molecule has 146 valence electrons. The van der Waals surface area contributed by atoms with Crippen LogP contribution in [0.2, 0.25) is 0 Å². The number of amides is 2. The zero-order valence-corrected chi connectivity index (χ0v) is 15.3. The molecule has 0 aliphatic carbocycles. The van der Waals surface area contributed by atoms with E-state index in [4.69, 9.17) is 9.47 Å². The van der Waals surface area contributed by atoms with Crippen molar-refractivity contribution in [2.75, 3.05) is 13.2 Å². The quantitative estimate of drug-likeness (QED) is 0.452. The Morgan fingerprint density at radius 3 is 2.54 bits per heavy atom. The van der Waals surface area contributed by atoms with Gasteiger partial charge in [-0.25, -0.2) is 9.59 Å². The molecule has 2 rings (SSSR count). The standard InChI is InChI=1S/C17H26N2O7/c1-4-9(3)11(15(21)19-8-6-7-10(19)16(22)23)18-14(20)12-13(26-12)17(24)25-5-2/h9-13H,4-8H2,1-3H3,(H,18,20)(H,22,23)/t9-,10-,11-,12-,13-/m0/s1. The molecule has 0 bridgehead atoms. The molecular weight excluding hydrogens is 344 g/mol. The van der Waals surface area contributed by atoms with Crippen LogP contribution in [0.3, 0.4) is 0 Å². The van der Waals surface area contributed by atoms with Crippen molar-refractivity contribution in [1.82, 2.24) is 10.2 Å². The van der Waals surface area contributed by atoms with Gasteiger partial charge in [-0.2, -0.15) is 0 Å². The normalized spacial score (nSPS) is 26.7. The summed E-state index contributed by atoms with van der Waals surface area (Å²) in [5.41, 5.74) is 0. The van der Waals surface area contributed by atoms with Crippen molar-refractivity contribution in [3.05, 3.63) is 0 Å². The van der Waals surface area contributed by atoms with Crippen LogP contribution < -0.4 is 5.32 Å². The summed E-state index contributed by atoms with van der Waals surface area (Å²) in [5.74, 6) is -2.82. The zero-order chi connectivity index (χ0) is 19.4. The minimum absolute atomic E-state index is 0.187. The molecule has 2 heterocycles. The van der Waals surface area contributed by atoms with Crippen molar-refractivity contribution in [2.45, 2.75) is 64.3 Å². The molecule has 2 aliphatic heterocycles. The van der Waals surface area contributed by atoms with Gasteiger partial charge in [0.15, 0.2) is 12.2 Å². The van der Waals surface area contributed by atoms with Gasteiger partial charge in [0, 0.05) is 6.54 Å². The van der Waals surface area contributed by atoms with Gasteiger partial charge in [-0.15, -0.1) is 0 Å². The summed E-state index contributed by atoms with van der Waals surface area (Å²) in [7, 11) is 0. The molecule has 0 aromatic carbocycles. The Morgan fingerprint density at radius 2 is 1.96 bits per heavy atom. The summed E-state index contributed by atoms with van der Waals surface area (Å²) in [6.07, 6.45) is -0.280. The topological polar surface area (TPSA) is 126 Å². The fourth-order valence-electron chi connectivity index (χ4n) is 3.10. The highest BCUT2D eigenvalue weighted by atomic mass is 16.6. The number of carbonyl (C=O) groups excluding carboxylic acids is 3. The van der Waals surface area contributed by atoms with Gasteiger partial charge in [0.05, 0.1) is 6.61 Å². The number of esters is 1. The Labute approximate surface area is 152 Å². The summed E-state index contributed by atoms with van der Waals surface area (Å²) >= 11 is 0. The number of epoxide rings is 1. The molecule has 2 fully saturated rings. The Morgan fingerprint density at radius 1 is 1.27 bits per heavy atom. The number of carbonyl (C=O) groups is 4. The van der Waals surface area contributed by atoms with E-state index in [1.165, 1.54) is 4.90 Å². The predicted molar refractivity (Wildman–Crippen MR) is 89.1 cm³/mol. The molecule has 5 atom stereocenters. The van der Waals surface area contributed by atoms with Gasteiger partial charge >= 0.3 is 11.9 Å². The van der Waals surface area contributed by atoms with E-state index < -0.39 is 48.0 Å². The summed E-state index contributed by atoms with van der Waals surface area (Å²) < 4.78 is 9.87. The predicted octanol–water partition coefficient (Wildman–Crippen LogP) is -0.0766. The summed E-state index contributed by atoms with van der Waals surface area (Å²) in [6.45, 7) is 5.88. The van der Waals surface area contributed by atoms with E-state index in [9.17, 15) is 24.3 Å². The first-order valence-electron chi connectivity index (χ1n) is 8.97. The number of likely N-dealkylation sites (tertiary alicyclic amines) is 1. The number of aliphatic carboxylic acids is 1. The molecule has 26 heavy (non-hydrogen) atoms. The lowest BCUT2D eigenvalue weighted by Crippen LogP contribution is -2.55. The van der Waals surface area contributed by atoms with Crippen LogP contribution in [0.1, 0.15) is 40.0 Å². The molecule has 9 nitrogen and oxygen atoms in total. The number of hydrogen-bond donors (Lipinski definition) is 2. The SMILES string of the molecule is CCOC(=O)[C@H]1O[C@@H]1C(=O)N[C@H](C(=O)N1CCC[C@H]1C(=O)O)[C@@H](C)CC. The lowest BCUT2D eigenvalue weighted by Gasteiger charge is -2.30. The van der Waals surface area contributed by atoms with Gasteiger partial charge in [0.25, 0.3) is 5.91 Å². The van der Waals surface area contributed by atoms with E-state index in [0.29, 0.717) is 25.8 Å². The molecule has 0 spiro atoms. The number of hydrogen-bond acceptors (Lipinski definition) is 6. The minimum Gasteiger partial charge on any atom is -0.480 e. The van der Waals surface area contributed by atoms with Crippen LogP contribution in [0.15, 0.2) is 0 Å². The second-order valence-electron chi connectivity index (χ2n) is 6.63. The van der Waals surface area contributed by atoms with Crippen molar-refractivity contribution in [3.8, 4) is 0 Å². The molecule has 0 aromatic rings. The zero-order valence-electron chi connectivity index (χ0n) is 15.3. The maximum Gasteiger partial charge on any atom is 0.338 e. The third-order valence-corrected chi connectivity index (χ3v) is 4.87. The fraction of sp³-hybridized carbons (Fsp3) is 0.765. The van der Waals surface area contributed by atoms with Crippen molar-refractivity contribution in [2.24, 2.45) is 5.92 Å². The molecule has 0 unspecified atom stereocenters. The first kappa shape index (κ1) is 20.2. The smallest absolute Gasteiger partial charge is 0.338 e. The Hall–Kier alpha value is -2.16. The van der Waals surface area contributed by atoms with Crippen LogP contribution in [0, 0.1) is 5.92 Å². The number of ether oxygens (including phenoxy) is 2. The molecule has 0 radical (unpaired) electrons. The number of rotatable bonds is 8. The van der Waals surface area contributed by atoms with Crippen LogP contribution >= 0.6 is 0 Å². The fourth-order valence-corrected chi connectivity index (χ4v) is 3.10. The molecule has 2 amide bonds. The van der Waals surface area contributed by atoms with E-state index >= 15 is 0 Å². The maximum atomic E-state index is 12.9. The minimum atomic E-state index is -1.04. The molecule has 9 heteroatoms. The van der Waals surface area contributed by atoms with Crippen LogP contribution in [0.25, 0.3) is 0 Å². The van der Waals surface area contributed by atoms with Gasteiger partial charge in [-0.3, -0.25) is 9.59 Å². The number of carboxylic acid groups (broad SMARTS) is 1. The average Bonchev–Trinajstić information content (AvgIpc) is 3.26. The van der Waals surface area contributed by atoms with Crippen LogP contribution in [0.4, 0.5) is 0 Å². The van der Waals surface area contributed by atoms with Crippen LogP contribution in [-0.4, -0.2) is 71.2 Å². The van der Waals surface area contributed by atoms with E-state index in [2.05, 4.69) is 5.32 Å². The highest BCUT2D eigenvalue weighted by Crippen LogP contribution is 2.25. The largest absolute Gasteiger partial charge is 0.480 e. The highest BCUT2D eigenvalue weighted by molar-refractivity contribution is 5.96.